The van der Waals surface area contributed by atoms with Crippen LogP contribution in [0.2, 0.25) is 5.02 Å². The van der Waals surface area contributed by atoms with E-state index in [0.717, 1.165) is 12.8 Å². The van der Waals surface area contributed by atoms with Crippen LogP contribution in [0.1, 0.15) is 25.7 Å². The zero-order chi connectivity index (χ0) is 15.2. The number of hydrogen-bond acceptors (Lipinski definition) is 3. The summed E-state index contributed by atoms with van der Waals surface area (Å²) < 4.78 is 5.35. The first kappa shape index (κ1) is 15.6. The summed E-state index contributed by atoms with van der Waals surface area (Å²) in [5.74, 6) is -0.810. The molecule has 1 aliphatic carbocycles. The van der Waals surface area contributed by atoms with E-state index in [0.29, 0.717) is 23.6 Å². The van der Waals surface area contributed by atoms with E-state index in [-0.39, 0.29) is 24.5 Å². The third kappa shape index (κ3) is 4.93. The van der Waals surface area contributed by atoms with Crippen LogP contribution in [-0.4, -0.2) is 29.6 Å². The summed E-state index contributed by atoms with van der Waals surface area (Å²) in [5.41, 5.74) is 0. The van der Waals surface area contributed by atoms with Crippen LogP contribution in [0.4, 0.5) is 0 Å². The third-order valence-corrected chi connectivity index (χ3v) is 3.82. The molecule has 114 valence electrons. The molecule has 5 nitrogen and oxygen atoms in total. The number of benzene rings is 1. The van der Waals surface area contributed by atoms with Gasteiger partial charge in [-0.2, -0.15) is 0 Å². The second-order valence-corrected chi connectivity index (χ2v) is 5.65. The van der Waals surface area contributed by atoms with Crippen LogP contribution in [-0.2, 0) is 9.59 Å². The molecule has 1 amide bonds. The lowest BCUT2D eigenvalue weighted by Crippen LogP contribution is -2.41. The number of hydrogen-bond donors (Lipinski definition) is 2. The molecule has 21 heavy (non-hydrogen) atoms. The van der Waals surface area contributed by atoms with Crippen LogP contribution in [0.5, 0.6) is 5.75 Å². The van der Waals surface area contributed by atoms with Gasteiger partial charge in [0.2, 0.25) is 0 Å². The first-order chi connectivity index (χ1) is 10.0. The average Bonchev–Trinajstić information content (AvgIpc) is 2.47. The van der Waals surface area contributed by atoms with E-state index in [1.54, 1.807) is 24.3 Å². The van der Waals surface area contributed by atoms with E-state index in [9.17, 15) is 9.59 Å². The lowest BCUT2D eigenvalue weighted by atomic mass is 9.86. The number of carboxylic acid groups (broad SMARTS) is 1. The normalized spacial score (nSPS) is 21.6. The van der Waals surface area contributed by atoms with Gasteiger partial charge < -0.3 is 15.2 Å². The Hall–Kier alpha value is -1.75. The van der Waals surface area contributed by atoms with Gasteiger partial charge >= 0.3 is 5.97 Å². The van der Waals surface area contributed by atoms with E-state index < -0.39 is 5.97 Å². The topological polar surface area (TPSA) is 75.6 Å². The van der Waals surface area contributed by atoms with Crippen LogP contribution in [0, 0.1) is 5.92 Å². The Morgan fingerprint density at radius 2 is 2.00 bits per heavy atom. The van der Waals surface area contributed by atoms with Crippen molar-refractivity contribution >= 4 is 23.5 Å². The predicted molar refractivity (Wildman–Crippen MR) is 78.5 cm³/mol. The highest BCUT2D eigenvalue weighted by Crippen LogP contribution is 2.24. The van der Waals surface area contributed by atoms with Crippen molar-refractivity contribution in [3.05, 3.63) is 29.3 Å². The van der Waals surface area contributed by atoms with Crippen molar-refractivity contribution in [3.8, 4) is 5.75 Å². The smallest absolute Gasteiger partial charge is 0.306 e. The Balaban J connectivity index is 1.76. The molecular weight excluding hydrogens is 294 g/mol. The van der Waals surface area contributed by atoms with Crippen molar-refractivity contribution in [1.82, 2.24) is 5.32 Å². The number of carboxylic acids is 1. The van der Waals surface area contributed by atoms with E-state index >= 15 is 0 Å². The first-order valence-corrected chi connectivity index (χ1v) is 7.33. The Labute approximate surface area is 128 Å². The molecule has 0 aromatic heterocycles. The van der Waals surface area contributed by atoms with Crippen molar-refractivity contribution in [1.29, 1.82) is 0 Å². The first-order valence-electron chi connectivity index (χ1n) is 6.95. The Bertz CT molecular complexity index is 503. The van der Waals surface area contributed by atoms with Gasteiger partial charge in [0.05, 0.1) is 5.92 Å². The summed E-state index contributed by atoms with van der Waals surface area (Å²) in [6.45, 7) is -0.0874. The summed E-state index contributed by atoms with van der Waals surface area (Å²) in [6, 6.07) is 6.68. The molecule has 2 unspecified atom stereocenters. The van der Waals surface area contributed by atoms with Crippen LogP contribution in [0.3, 0.4) is 0 Å². The van der Waals surface area contributed by atoms with Gasteiger partial charge in [-0.25, -0.2) is 0 Å². The predicted octanol–water partition coefficient (Wildman–Crippen LogP) is 2.48. The van der Waals surface area contributed by atoms with Gasteiger partial charge in [0, 0.05) is 11.1 Å². The van der Waals surface area contributed by atoms with Crippen molar-refractivity contribution < 1.29 is 19.4 Å². The summed E-state index contributed by atoms with van der Waals surface area (Å²) in [7, 11) is 0. The second-order valence-electron chi connectivity index (χ2n) is 5.21. The molecule has 1 fully saturated rings. The van der Waals surface area contributed by atoms with Gasteiger partial charge in [-0.15, -0.1) is 0 Å². The second kappa shape index (κ2) is 7.31. The molecule has 0 bridgehead atoms. The molecule has 1 saturated carbocycles. The molecule has 0 aliphatic heterocycles. The number of ether oxygens (including phenoxy) is 1. The fourth-order valence-electron chi connectivity index (χ4n) is 2.49. The number of aliphatic carboxylic acids is 1. The molecular formula is C15H18ClNO4. The fourth-order valence-corrected chi connectivity index (χ4v) is 2.62. The van der Waals surface area contributed by atoms with Crippen molar-refractivity contribution in [2.75, 3.05) is 6.61 Å². The molecule has 0 saturated heterocycles. The summed E-state index contributed by atoms with van der Waals surface area (Å²) >= 11 is 5.76. The van der Waals surface area contributed by atoms with Gasteiger partial charge in [-0.05, 0) is 43.5 Å². The molecule has 0 spiro atoms. The summed E-state index contributed by atoms with van der Waals surface area (Å²) in [4.78, 5) is 22.8. The molecule has 0 heterocycles. The van der Waals surface area contributed by atoms with Crippen molar-refractivity contribution in [2.45, 2.75) is 31.7 Å². The van der Waals surface area contributed by atoms with Gasteiger partial charge in [0.25, 0.3) is 5.91 Å². The van der Waals surface area contributed by atoms with Crippen LogP contribution >= 0.6 is 11.6 Å². The lowest BCUT2D eigenvalue weighted by molar-refractivity contribution is -0.143. The highest BCUT2D eigenvalue weighted by molar-refractivity contribution is 6.30. The number of carbonyl (C=O) groups is 2. The molecule has 0 radical (unpaired) electrons. The number of carbonyl (C=O) groups excluding carboxylic acids is 1. The van der Waals surface area contributed by atoms with Gasteiger partial charge in [0.15, 0.2) is 6.61 Å². The SMILES string of the molecule is O=C(COc1ccc(Cl)cc1)NC1CCCC(C(=O)O)C1. The maximum atomic E-state index is 11.8. The Morgan fingerprint density at radius 1 is 1.29 bits per heavy atom. The number of rotatable bonds is 5. The van der Waals surface area contributed by atoms with Crippen LogP contribution < -0.4 is 10.1 Å². The van der Waals surface area contributed by atoms with E-state index in [1.807, 2.05) is 0 Å². The Morgan fingerprint density at radius 3 is 2.67 bits per heavy atom. The molecule has 1 aliphatic rings. The molecule has 2 atom stereocenters. The maximum absolute atomic E-state index is 11.8. The zero-order valence-corrected chi connectivity index (χ0v) is 12.3. The van der Waals surface area contributed by atoms with Gasteiger partial charge in [0.1, 0.15) is 5.75 Å². The number of amides is 1. The monoisotopic (exact) mass is 311 g/mol. The minimum absolute atomic E-state index is 0.0823. The quantitative estimate of drug-likeness (QED) is 0.876. The van der Waals surface area contributed by atoms with Gasteiger partial charge in [-0.1, -0.05) is 18.0 Å². The van der Waals surface area contributed by atoms with E-state index in [2.05, 4.69) is 5.32 Å². The lowest BCUT2D eigenvalue weighted by Gasteiger charge is -2.27. The van der Waals surface area contributed by atoms with E-state index in [4.69, 9.17) is 21.4 Å². The third-order valence-electron chi connectivity index (χ3n) is 3.57. The minimum Gasteiger partial charge on any atom is -0.484 e. The molecule has 1 aromatic rings. The zero-order valence-electron chi connectivity index (χ0n) is 11.5. The largest absolute Gasteiger partial charge is 0.484 e. The Kier molecular flexibility index (Phi) is 5.44. The molecule has 2 N–H and O–H groups in total. The molecule has 2 rings (SSSR count). The molecule has 6 heteroatoms. The number of halogens is 1. The standard InChI is InChI=1S/C15H18ClNO4/c16-11-4-6-13(7-5-11)21-9-14(18)17-12-3-1-2-10(8-12)15(19)20/h4-7,10,12H,1-3,8-9H2,(H,17,18)(H,19,20). The van der Waals surface area contributed by atoms with Crippen molar-refractivity contribution in [2.24, 2.45) is 5.92 Å². The number of nitrogens with one attached hydrogen (secondary N) is 1. The highest BCUT2D eigenvalue weighted by atomic mass is 35.5. The van der Waals surface area contributed by atoms with E-state index in [1.165, 1.54) is 0 Å². The average molecular weight is 312 g/mol. The van der Waals surface area contributed by atoms with Gasteiger partial charge in [-0.3, -0.25) is 9.59 Å². The van der Waals surface area contributed by atoms with Crippen molar-refractivity contribution in [3.63, 3.8) is 0 Å². The molecule has 1 aromatic carbocycles. The fraction of sp³-hybridized carbons (Fsp3) is 0.467. The maximum Gasteiger partial charge on any atom is 0.306 e. The summed E-state index contributed by atoms with van der Waals surface area (Å²) in [5, 5.41) is 12.5. The highest BCUT2D eigenvalue weighted by Gasteiger charge is 2.27. The summed E-state index contributed by atoms with van der Waals surface area (Å²) in [6.07, 6.45) is 2.81. The van der Waals surface area contributed by atoms with Crippen LogP contribution in [0.25, 0.3) is 0 Å². The minimum atomic E-state index is -0.786. The van der Waals surface area contributed by atoms with Crippen LogP contribution in [0.15, 0.2) is 24.3 Å².